The summed E-state index contributed by atoms with van der Waals surface area (Å²) in [5.74, 6) is 0.846. The molecule has 0 bridgehead atoms. The molecule has 1 aromatic heterocycles. The van der Waals surface area contributed by atoms with Crippen molar-refractivity contribution in [1.82, 2.24) is 15.5 Å². The van der Waals surface area contributed by atoms with Gasteiger partial charge in [-0.25, -0.2) is 0 Å². The zero-order chi connectivity index (χ0) is 13.2. The number of rotatable bonds is 3. The van der Waals surface area contributed by atoms with E-state index < -0.39 is 0 Å². The second-order valence-corrected chi connectivity index (χ2v) is 5.10. The van der Waals surface area contributed by atoms with E-state index in [0.717, 1.165) is 30.2 Å². The van der Waals surface area contributed by atoms with E-state index in [4.69, 9.17) is 0 Å². The van der Waals surface area contributed by atoms with Gasteiger partial charge < -0.3 is 10.6 Å². The van der Waals surface area contributed by atoms with Gasteiger partial charge in [0.05, 0.1) is 11.7 Å². The maximum Gasteiger partial charge on any atom is 0.148 e. The average Bonchev–Trinajstić information content (AvgIpc) is 2.38. The molecule has 0 unspecified atom stereocenters. The molecule has 98 valence electrons. The fourth-order valence-corrected chi connectivity index (χ4v) is 2.06. The number of hydrogen-bond donors (Lipinski definition) is 2. The molecule has 0 saturated carbocycles. The Morgan fingerprint density at radius 1 is 1.05 bits per heavy atom. The lowest BCUT2D eigenvalue weighted by atomic mass is 10.0. The molecule has 0 amide bonds. The highest BCUT2D eigenvalue weighted by atomic mass is 15.2. The minimum atomic E-state index is 0.488. The first-order chi connectivity index (χ1) is 9.22. The quantitative estimate of drug-likeness (QED) is 0.881. The molecule has 2 N–H and O–H groups in total. The Bertz CT molecular complexity index is 573. The molecular weight excluding hydrogens is 236 g/mol. The van der Waals surface area contributed by atoms with Gasteiger partial charge in [-0.1, -0.05) is 12.1 Å². The van der Waals surface area contributed by atoms with Crippen molar-refractivity contribution in [3.63, 3.8) is 0 Å². The highest BCUT2D eigenvalue weighted by Crippen LogP contribution is 2.20. The molecule has 4 heteroatoms. The Kier molecular flexibility index (Phi) is 3.17. The van der Waals surface area contributed by atoms with Crippen LogP contribution in [0.4, 0.5) is 5.82 Å². The molecule has 0 spiro atoms. The van der Waals surface area contributed by atoms with Crippen LogP contribution in [0, 0.1) is 13.8 Å². The van der Waals surface area contributed by atoms with Crippen LogP contribution in [0.25, 0.3) is 11.3 Å². The fourth-order valence-electron chi connectivity index (χ4n) is 2.06. The number of aromatic nitrogens is 2. The SMILES string of the molecule is Cc1ccc(-c2ccc(NC3CNC3)nn2)cc1C. The van der Waals surface area contributed by atoms with Crippen LogP contribution in [-0.2, 0) is 0 Å². The molecule has 1 aromatic carbocycles. The predicted octanol–water partition coefficient (Wildman–Crippen LogP) is 2.14. The van der Waals surface area contributed by atoms with Crippen LogP contribution >= 0.6 is 0 Å². The van der Waals surface area contributed by atoms with Gasteiger partial charge in [0.1, 0.15) is 5.82 Å². The monoisotopic (exact) mass is 254 g/mol. The van der Waals surface area contributed by atoms with Gasteiger partial charge in [0.25, 0.3) is 0 Å². The highest BCUT2D eigenvalue weighted by molar-refractivity contribution is 5.61. The second-order valence-electron chi connectivity index (χ2n) is 5.10. The smallest absolute Gasteiger partial charge is 0.148 e. The van der Waals surface area contributed by atoms with Crippen molar-refractivity contribution < 1.29 is 0 Å². The molecule has 2 aromatic rings. The largest absolute Gasteiger partial charge is 0.363 e. The molecule has 1 saturated heterocycles. The lowest BCUT2D eigenvalue weighted by molar-refractivity contribution is 0.470. The first-order valence-corrected chi connectivity index (χ1v) is 6.61. The molecule has 0 aliphatic carbocycles. The molecule has 1 fully saturated rings. The Morgan fingerprint density at radius 3 is 2.47 bits per heavy atom. The van der Waals surface area contributed by atoms with Crippen LogP contribution in [0.3, 0.4) is 0 Å². The maximum absolute atomic E-state index is 4.30. The molecular formula is C15H18N4. The van der Waals surface area contributed by atoms with E-state index in [-0.39, 0.29) is 0 Å². The van der Waals surface area contributed by atoms with Gasteiger partial charge in [0, 0.05) is 18.7 Å². The van der Waals surface area contributed by atoms with Gasteiger partial charge in [-0.3, -0.25) is 0 Å². The topological polar surface area (TPSA) is 49.8 Å². The number of hydrogen-bond acceptors (Lipinski definition) is 4. The van der Waals surface area contributed by atoms with Gasteiger partial charge in [0.15, 0.2) is 0 Å². The van der Waals surface area contributed by atoms with E-state index in [2.05, 4.69) is 52.9 Å². The van der Waals surface area contributed by atoms with Crippen LogP contribution in [0.15, 0.2) is 30.3 Å². The van der Waals surface area contributed by atoms with Crippen LogP contribution in [0.5, 0.6) is 0 Å². The second kappa shape index (κ2) is 4.97. The number of aryl methyl sites for hydroxylation is 2. The summed E-state index contributed by atoms with van der Waals surface area (Å²) in [6.07, 6.45) is 0. The third-order valence-electron chi connectivity index (χ3n) is 3.60. The molecule has 19 heavy (non-hydrogen) atoms. The van der Waals surface area contributed by atoms with Crippen molar-refractivity contribution in [2.24, 2.45) is 0 Å². The zero-order valence-electron chi connectivity index (χ0n) is 11.3. The van der Waals surface area contributed by atoms with Crippen molar-refractivity contribution in [1.29, 1.82) is 0 Å². The van der Waals surface area contributed by atoms with E-state index in [0.29, 0.717) is 6.04 Å². The highest BCUT2D eigenvalue weighted by Gasteiger charge is 2.16. The zero-order valence-corrected chi connectivity index (χ0v) is 11.3. The number of nitrogens with zero attached hydrogens (tertiary/aromatic N) is 2. The van der Waals surface area contributed by atoms with E-state index in [1.54, 1.807) is 0 Å². The molecule has 0 radical (unpaired) electrons. The molecule has 1 aliphatic rings. The van der Waals surface area contributed by atoms with Gasteiger partial charge >= 0.3 is 0 Å². The summed E-state index contributed by atoms with van der Waals surface area (Å²) >= 11 is 0. The summed E-state index contributed by atoms with van der Waals surface area (Å²) in [6.45, 7) is 6.23. The number of anilines is 1. The summed E-state index contributed by atoms with van der Waals surface area (Å²) in [5, 5.41) is 15.1. The third-order valence-corrected chi connectivity index (χ3v) is 3.60. The molecule has 4 nitrogen and oxygen atoms in total. The lowest BCUT2D eigenvalue weighted by Gasteiger charge is -2.28. The van der Waals surface area contributed by atoms with E-state index >= 15 is 0 Å². The lowest BCUT2D eigenvalue weighted by Crippen LogP contribution is -2.51. The van der Waals surface area contributed by atoms with E-state index in [1.165, 1.54) is 11.1 Å². The maximum atomic E-state index is 4.30. The van der Waals surface area contributed by atoms with Gasteiger partial charge in [-0.05, 0) is 43.2 Å². The van der Waals surface area contributed by atoms with Gasteiger partial charge in [-0.2, -0.15) is 0 Å². The van der Waals surface area contributed by atoms with Crippen molar-refractivity contribution >= 4 is 5.82 Å². The predicted molar refractivity (Wildman–Crippen MR) is 77.2 cm³/mol. The summed E-state index contributed by atoms with van der Waals surface area (Å²) in [6, 6.07) is 10.9. The number of benzene rings is 1. The normalized spacial score (nSPS) is 15.1. The van der Waals surface area contributed by atoms with Crippen LogP contribution < -0.4 is 10.6 Å². The first-order valence-electron chi connectivity index (χ1n) is 6.61. The molecule has 1 aliphatic heterocycles. The minimum Gasteiger partial charge on any atom is -0.363 e. The average molecular weight is 254 g/mol. The van der Waals surface area contributed by atoms with Crippen molar-refractivity contribution in [2.75, 3.05) is 18.4 Å². The summed E-state index contributed by atoms with van der Waals surface area (Å²) in [4.78, 5) is 0. The van der Waals surface area contributed by atoms with Gasteiger partial charge in [0.2, 0.25) is 0 Å². The van der Waals surface area contributed by atoms with Crippen LogP contribution in [-0.4, -0.2) is 29.3 Å². The third kappa shape index (κ3) is 2.58. The first kappa shape index (κ1) is 12.1. The minimum absolute atomic E-state index is 0.488. The van der Waals surface area contributed by atoms with Crippen LogP contribution in [0.1, 0.15) is 11.1 Å². The Labute approximate surface area is 113 Å². The van der Waals surface area contributed by atoms with Gasteiger partial charge in [-0.15, -0.1) is 10.2 Å². The van der Waals surface area contributed by atoms with Crippen molar-refractivity contribution in [3.8, 4) is 11.3 Å². The van der Waals surface area contributed by atoms with Crippen molar-refractivity contribution in [3.05, 3.63) is 41.5 Å². The molecule has 0 atom stereocenters. The number of nitrogens with one attached hydrogen (secondary N) is 2. The summed E-state index contributed by atoms with van der Waals surface area (Å²) in [5.41, 5.74) is 4.61. The van der Waals surface area contributed by atoms with Crippen molar-refractivity contribution in [2.45, 2.75) is 19.9 Å². The Hall–Kier alpha value is -1.94. The summed E-state index contributed by atoms with van der Waals surface area (Å²) in [7, 11) is 0. The van der Waals surface area contributed by atoms with E-state index in [9.17, 15) is 0 Å². The molecule has 3 rings (SSSR count). The Balaban J connectivity index is 1.78. The summed E-state index contributed by atoms with van der Waals surface area (Å²) < 4.78 is 0. The van der Waals surface area contributed by atoms with Crippen LogP contribution in [0.2, 0.25) is 0 Å². The fraction of sp³-hybridized carbons (Fsp3) is 0.333. The molecule has 2 heterocycles. The standard InChI is InChI=1S/C15H18N4/c1-10-3-4-12(7-11(10)2)14-5-6-15(19-18-14)17-13-8-16-9-13/h3-7,13,16H,8-9H2,1-2H3,(H,17,19). The Morgan fingerprint density at radius 2 is 1.89 bits per heavy atom. The van der Waals surface area contributed by atoms with E-state index in [1.807, 2.05) is 12.1 Å².